The second kappa shape index (κ2) is 8.74. The first-order chi connectivity index (χ1) is 15.4. The van der Waals surface area contributed by atoms with Crippen LogP contribution in [0.5, 0.6) is 0 Å². The molecule has 1 aliphatic carbocycles. The summed E-state index contributed by atoms with van der Waals surface area (Å²) in [4.78, 5) is 24.1. The molecule has 1 atom stereocenters. The third-order valence-electron chi connectivity index (χ3n) is 5.47. The minimum atomic E-state index is -0.710. The number of rotatable bonds is 7. The van der Waals surface area contributed by atoms with E-state index in [1.165, 1.54) is 30.3 Å². The standard InChI is InChI=1S/C24H22F2N4O2/c1-3-23(31)27-20-9-7-16(11-19(20)26)17-10-15(6-8-18(17)25)13(2)24(32)28-22-12-21(29-30-22)14-4-5-14/h3,6-14H,1,4-5H2,2H3,(H,27,31)(H2,28,29,30,32). The minimum absolute atomic E-state index is 0.0347. The molecule has 1 aromatic heterocycles. The highest BCUT2D eigenvalue weighted by atomic mass is 19.1. The number of carbonyl (C=O) groups is 2. The molecule has 1 aliphatic rings. The fourth-order valence-electron chi connectivity index (χ4n) is 3.39. The van der Waals surface area contributed by atoms with Crippen LogP contribution in [0.3, 0.4) is 0 Å². The maximum absolute atomic E-state index is 14.5. The van der Waals surface area contributed by atoms with Crippen LogP contribution in [0.4, 0.5) is 20.3 Å². The van der Waals surface area contributed by atoms with Crippen molar-refractivity contribution in [2.75, 3.05) is 10.6 Å². The Labute approximate surface area is 183 Å². The second-order valence-electron chi connectivity index (χ2n) is 7.82. The molecule has 3 N–H and O–H groups in total. The molecular formula is C24H22F2N4O2. The number of hydrogen-bond donors (Lipinski definition) is 3. The van der Waals surface area contributed by atoms with E-state index >= 15 is 0 Å². The van der Waals surface area contributed by atoms with Crippen molar-refractivity contribution in [2.45, 2.75) is 31.6 Å². The van der Waals surface area contributed by atoms with Crippen molar-refractivity contribution in [3.63, 3.8) is 0 Å². The summed E-state index contributed by atoms with van der Waals surface area (Å²) in [7, 11) is 0. The highest BCUT2D eigenvalue weighted by Crippen LogP contribution is 2.39. The van der Waals surface area contributed by atoms with Crippen LogP contribution in [-0.4, -0.2) is 22.0 Å². The van der Waals surface area contributed by atoms with E-state index in [1.807, 2.05) is 6.07 Å². The summed E-state index contributed by atoms with van der Waals surface area (Å²) in [5, 5.41) is 12.2. The summed E-state index contributed by atoms with van der Waals surface area (Å²) < 4.78 is 28.9. The van der Waals surface area contributed by atoms with Gasteiger partial charge in [0.25, 0.3) is 0 Å². The molecule has 2 amide bonds. The number of amides is 2. The van der Waals surface area contributed by atoms with Gasteiger partial charge in [-0.2, -0.15) is 5.10 Å². The van der Waals surface area contributed by atoms with Gasteiger partial charge in [-0.1, -0.05) is 18.7 Å². The van der Waals surface area contributed by atoms with E-state index in [4.69, 9.17) is 0 Å². The van der Waals surface area contributed by atoms with E-state index in [2.05, 4.69) is 27.4 Å². The Bertz CT molecular complexity index is 1200. The molecule has 0 spiro atoms. The van der Waals surface area contributed by atoms with Gasteiger partial charge in [0.1, 0.15) is 11.6 Å². The second-order valence-corrected chi connectivity index (χ2v) is 7.82. The van der Waals surface area contributed by atoms with Crippen LogP contribution in [0.2, 0.25) is 0 Å². The van der Waals surface area contributed by atoms with Crippen molar-refractivity contribution in [3.8, 4) is 11.1 Å². The van der Waals surface area contributed by atoms with E-state index in [0.717, 1.165) is 30.7 Å². The van der Waals surface area contributed by atoms with Gasteiger partial charge in [-0.15, -0.1) is 0 Å². The van der Waals surface area contributed by atoms with Gasteiger partial charge in [-0.3, -0.25) is 14.7 Å². The average Bonchev–Trinajstić information content (AvgIpc) is 3.53. The number of carbonyl (C=O) groups excluding carboxylic acids is 2. The van der Waals surface area contributed by atoms with Gasteiger partial charge in [0, 0.05) is 23.2 Å². The molecule has 0 saturated heterocycles. The lowest BCUT2D eigenvalue weighted by molar-refractivity contribution is -0.117. The van der Waals surface area contributed by atoms with E-state index in [0.29, 0.717) is 17.3 Å². The zero-order chi connectivity index (χ0) is 22.8. The van der Waals surface area contributed by atoms with Crippen LogP contribution in [-0.2, 0) is 9.59 Å². The average molecular weight is 436 g/mol. The third kappa shape index (κ3) is 4.59. The topological polar surface area (TPSA) is 86.9 Å². The largest absolute Gasteiger partial charge is 0.320 e. The van der Waals surface area contributed by atoms with Crippen LogP contribution in [0.15, 0.2) is 55.1 Å². The van der Waals surface area contributed by atoms with Crippen LogP contribution in [0.25, 0.3) is 11.1 Å². The maximum atomic E-state index is 14.5. The molecule has 0 aliphatic heterocycles. The summed E-state index contributed by atoms with van der Waals surface area (Å²) in [5.74, 6) is -1.75. The lowest BCUT2D eigenvalue weighted by atomic mass is 9.95. The van der Waals surface area contributed by atoms with Crippen molar-refractivity contribution in [1.82, 2.24) is 10.2 Å². The van der Waals surface area contributed by atoms with Gasteiger partial charge < -0.3 is 10.6 Å². The van der Waals surface area contributed by atoms with Gasteiger partial charge >= 0.3 is 0 Å². The molecule has 2 aromatic carbocycles. The first-order valence-corrected chi connectivity index (χ1v) is 10.2. The molecule has 1 saturated carbocycles. The van der Waals surface area contributed by atoms with Crippen molar-refractivity contribution in [1.29, 1.82) is 0 Å². The van der Waals surface area contributed by atoms with Crippen LogP contribution >= 0.6 is 0 Å². The van der Waals surface area contributed by atoms with Gasteiger partial charge in [0.2, 0.25) is 11.8 Å². The molecule has 3 aromatic rings. The number of benzene rings is 2. The lowest BCUT2D eigenvalue weighted by Gasteiger charge is -2.14. The maximum Gasteiger partial charge on any atom is 0.247 e. The molecule has 4 rings (SSSR count). The fourth-order valence-corrected chi connectivity index (χ4v) is 3.39. The van der Waals surface area contributed by atoms with E-state index in [9.17, 15) is 18.4 Å². The van der Waals surface area contributed by atoms with E-state index in [1.54, 1.807) is 6.92 Å². The molecular weight excluding hydrogens is 414 g/mol. The highest BCUT2D eigenvalue weighted by molar-refractivity contribution is 5.99. The minimum Gasteiger partial charge on any atom is -0.320 e. The smallest absolute Gasteiger partial charge is 0.247 e. The number of H-pyrrole nitrogens is 1. The Hall–Kier alpha value is -3.81. The molecule has 164 valence electrons. The van der Waals surface area contributed by atoms with Gasteiger partial charge in [0.15, 0.2) is 5.82 Å². The zero-order valence-electron chi connectivity index (χ0n) is 17.4. The Morgan fingerprint density at radius 3 is 2.59 bits per heavy atom. The Morgan fingerprint density at radius 1 is 1.12 bits per heavy atom. The summed E-state index contributed by atoms with van der Waals surface area (Å²) in [6.45, 7) is 5.02. The zero-order valence-corrected chi connectivity index (χ0v) is 17.4. The summed E-state index contributed by atoms with van der Waals surface area (Å²) in [6, 6.07) is 10.1. The predicted octanol–water partition coefficient (Wildman–Crippen LogP) is 5.10. The van der Waals surface area contributed by atoms with E-state index in [-0.39, 0.29) is 22.7 Å². The first-order valence-electron chi connectivity index (χ1n) is 10.2. The number of halogens is 2. The molecule has 6 nitrogen and oxygen atoms in total. The molecule has 32 heavy (non-hydrogen) atoms. The quantitative estimate of drug-likeness (QED) is 0.451. The number of hydrogen-bond acceptors (Lipinski definition) is 3. The fraction of sp³-hybridized carbons (Fsp3) is 0.208. The van der Waals surface area contributed by atoms with Crippen molar-refractivity contribution >= 4 is 23.3 Å². The highest BCUT2D eigenvalue weighted by Gasteiger charge is 2.26. The van der Waals surface area contributed by atoms with Gasteiger partial charge in [-0.25, -0.2) is 8.78 Å². The Balaban J connectivity index is 1.53. The van der Waals surface area contributed by atoms with Crippen molar-refractivity contribution in [2.24, 2.45) is 0 Å². The normalized spacial score (nSPS) is 14.0. The van der Waals surface area contributed by atoms with Crippen molar-refractivity contribution < 1.29 is 18.4 Å². The molecule has 1 heterocycles. The number of aromatic nitrogens is 2. The molecule has 0 radical (unpaired) electrons. The number of nitrogens with zero attached hydrogens (tertiary/aromatic N) is 1. The van der Waals surface area contributed by atoms with Crippen LogP contribution in [0.1, 0.15) is 42.9 Å². The summed E-state index contributed by atoms with van der Waals surface area (Å²) >= 11 is 0. The first kappa shape index (κ1) is 21.4. The van der Waals surface area contributed by atoms with E-state index < -0.39 is 23.5 Å². The summed E-state index contributed by atoms with van der Waals surface area (Å²) in [5.41, 5.74) is 1.98. The Morgan fingerprint density at radius 2 is 1.91 bits per heavy atom. The molecule has 1 fully saturated rings. The van der Waals surface area contributed by atoms with Crippen LogP contribution in [0, 0.1) is 11.6 Å². The lowest BCUT2D eigenvalue weighted by Crippen LogP contribution is -2.19. The number of anilines is 2. The third-order valence-corrected chi connectivity index (χ3v) is 5.47. The number of nitrogens with one attached hydrogen (secondary N) is 3. The monoisotopic (exact) mass is 436 g/mol. The predicted molar refractivity (Wildman–Crippen MR) is 118 cm³/mol. The SMILES string of the molecule is C=CC(=O)Nc1ccc(-c2cc(C(C)C(=O)Nc3cc(C4CC4)[nH]n3)ccc2F)cc1F. The number of aromatic amines is 1. The molecule has 1 unspecified atom stereocenters. The summed E-state index contributed by atoms with van der Waals surface area (Å²) in [6.07, 6.45) is 3.26. The molecule has 0 bridgehead atoms. The van der Waals surface area contributed by atoms with Crippen LogP contribution < -0.4 is 10.6 Å². The van der Waals surface area contributed by atoms with Crippen molar-refractivity contribution in [3.05, 3.63) is 78.0 Å². The molecule has 8 heteroatoms. The van der Waals surface area contributed by atoms with Gasteiger partial charge in [0.05, 0.1) is 11.6 Å². The van der Waals surface area contributed by atoms with Gasteiger partial charge in [-0.05, 0) is 61.2 Å². The Kier molecular flexibility index (Phi) is 5.85.